The van der Waals surface area contributed by atoms with Crippen LogP contribution in [0, 0.1) is 0 Å². The highest BCUT2D eigenvalue weighted by atomic mass is 29.1. The first-order valence-electron chi connectivity index (χ1n) is 4.18. The minimum absolute atomic E-state index is 0.164. The van der Waals surface area contributed by atoms with Gasteiger partial charge in [0, 0.05) is 9.76 Å². The first kappa shape index (κ1) is 11.3. The zero-order valence-electron chi connectivity index (χ0n) is 7.88. The van der Waals surface area contributed by atoms with Crippen molar-refractivity contribution in [1.82, 2.24) is 3.90 Å². The standard InChI is InChI=1S/C6H19NSi4/c1-5-10(3)7(9-8)11(4)6-2/h5-6,10-11H,1-2,9H2,3-4,8H3. The normalized spacial score (nSPS) is 17.4. The second kappa shape index (κ2) is 5.89. The van der Waals surface area contributed by atoms with Crippen LogP contribution in [0.4, 0.5) is 0 Å². The molecule has 0 bridgehead atoms. The Morgan fingerprint density at radius 1 is 1.27 bits per heavy atom. The van der Waals surface area contributed by atoms with Crippen LogP contribution < -0.4 is 0 Å². The summed E-state index contributed by atoms with van der Waals surface area (Å²) in [5.41, 5.74) is 4.38. The maximum atomic E-state index is 3.89. The van der Waals surface area contributed by atoms with Crippen LogP contribution in [-0.4, -0.2) is 40.8 Å². The summed E-state index contributed by atoms with van der Waals surface area (Å²) in [6.45, 7) is 12.5. The summed E-state index contributed by atoms with van der Waals surface area (Å²) in [6.07, 6.45) is 0. The van der Waals surface area contributed by atoms with Gasteiger partial charge in [-0.1, -0.05) is 24.5 Å². The highest BCUT2D eigenvalue weighted by molar-refractivity contribution is 7.00. The van der Waals surface area contributed by atoms with E-state index in [1.165, 1.54) is 9.76 Å². The molecule has 2 atom stereocenters. The zero-order valence-corrected chi connectivity index (χ0v) is 13.6. The lowest BCUT2D eigenvalue weighted by Gasteiger charge is -2.28. The van der Waals surface area contributed by atoms with Crippen LogP contribution in [0.2, 0.25) is 13.1 Å². The molecule has 0 heterocycles. The minimum atomic E-state index is -0.688. The van der Waals surface area contributed by atoms with Crippen LogP contribution >= 0.6 is 0 Å². The van der Waals surface area contributed by atoms with Crippen molar-refractivity contribution in [2.24, 2.45) is 0 Å². The number of rotatable bonds is 5. The molecule has 1 nitrogen and oxygen atoms in total. The summed E-state index contributed by atoms with van der Waals surface area (Å²) in [4.78, 5) is 0. The number of nitrogens with zero attached hydrogens (tertiary/aromatic N) is 1. The molecule has 0 aliphatic rings. The van der Waals surface area contributed by atoms with Crippen molar-refractivity contribution in [2.45, 2.75) is 13.1 Å². The molecule has 0 spiro atoms. The summed E-state index contributed by atoms with van der Waals surface area (Å²) in [7, 11) is 0.205. The van der Waals surface area contributed by atoms with E-state index in [4.69, 9.17) is 0 Å². The van der Waals surface area contributed by atoms with E-state index in [-0.39, 0.29) is 9.20 Å². The van der Waals surface area contributed by atoms with Crippen molar-refractivity contribution < 1.29 is 0 Å². The molecule has 0 aromatic rings. The second-order valence-corrected chi connectivity index (χ2v) is 13.3. The van der Waals surface area contributed by atoms with Gasteiger partial charge in [-0.3, -0.25) is 0 Å². The number of hydrogen-bond acceptors (Lipinski definition) is 1. The molecular weight excluding hydrogens is 198 g/mol. The van der Waals surface area contributed by atoms with E-state index in [2.05, 4.69) is 41.5 Å². The Kier molecular flexibility index (Phi) is 6.06. The molecule has 0 saturated carbocycles. The molecule has 0 aromatic heterocycles. The lowest BCUT2D eigenvalue weighted by atomic mass is 11.3. The van der Waals surface area contributed by atoms with Gasteiger partial charge in [0.15, 0.2) is 0 Å². The molecule has 64 valence electrons. The summed E-state index contributed by atoms with van der Waals surface area (Å²) in [5.74, 6) is 0. The number of hydrogen-bond donors (Lipinski definition) is 0. The highest BCUT2D eigenvalue weighted by Crippen LogP contribution is 1.98. The van der Waals surface area contributed by atoms with Gasteiger partial charge in [-0.05, 0) is 0 Å². The van der Waals surface area contributed by atoms with Gasteiger partial charge < -0.3 is 3.90 Å². The maximum Gasteiger partial charge on any atom is 0.118 e. The second-order valence-electron chi connectivity index (χ2n) is 2.78. The molecule has 0 aliphatic heterocycles. The van der Waals surface area contributed by atoms with Gasteiger partial charge in [0.25, 0.3) is 0 Å². The Balaban J connectivity index is 4.13. The van der Waals surface area contributed by atoms with Crippen molar-refractivity contribution in [2.75, 3.05) is 0 Å². The highest BCUT2D eigenvalue weighted by Gasteiger charge is 2.14. The lowest BCUT2D eigenvalue weighted by molar-refractivity contribution is 1.07. The third kappa shape index (κ3) is 3.48. The Morgan fingerprint density at radius 3 is 1.82 bits per heavy atom. The molecule has 0 radical (unpaired) electrons. The predicted octanol–water partition coefficient (Wildman–Crippen LogP) is -1.19. The zero-order chi connectivity index (χ0) is 8.85. The summed E-state index contributed by atoms with van der Waals surface area (Å²) in [6, 6.07) is 0. The van der Waals surface area contributed by atoms with E-state index in [0.717, 1.165) is 0 Å². The molecule has 0 rings (SSSR count). The van der Waals surface area contributed by atoms with Gasteiger partial charge in [-0.15, -0.1) is 13.2 Å². The summed E-state index contributed by atoms with van der Waals surface area (Å²) >= 11 is 0. The summed E-state index contributed by atoms with van der Waals surface area (Å²) in [5, 5.41) is 0. The molecule has 0 N–H and O–H groups in total. The van der Waals surface area contributed by atoms with Crippen LogP contribution in [0.25, 0.3) is 0 Å². The summed E-state index contributed by atoms with van der Waals surface area (Å²) < 4.78 is 2.81. The fraction of sp³-hybridized carbons (Fsp3) is 0.333. The third-order valence-electron chi connectivity index (χ3n) is 2.09. The Labute approximate surface area is 78.7 Å². The van der Waals surface area contributed by atoms with Gasteiger partial charge in [0.1, 0.15) is 17.9 Å². The van der Waals surface area contributed by atoms with Crippen LogP contribution in [0.1, 0.15) is 0 Å². The Morgan fingerprint density at radius 2 is 1.64 bits per heavy atom. The van der Waals surface area contributed by atoms with E-state index >= 15 is 0 Å². The molecule has 0 aliphatic carbocycles. The molecule has 2 unspecified atom stereocenters. The minimum Gasteiger partial charge on any atom is -0.374 e. The first-order chi connectivity index (χ1) is 5.17. The molecule has 0 amide bonds. The molecule has 0 aromatic carbocycles. The van der Waals surface area contributed by atoms with Crippen LogP contribution in [0.5, 0.6) is 0 Å². The maximum absolute atomic E-state index is 3.89. The van der Waals surface area contributed by atoms with Crippen molar-refractivity contribution in [3.05, 3.63) is 24.6 Å². The topological polar surface area (TPSA) is 3.24 Å². The Bertz CT molecular complexity index is 125. The Hall–Kier alpha value is 0.308. The van der Waals surface area contributed by atoms with Crippen molar-refractivity contribution >= 4 is 36.9 Å². The molecule has 0 saturated heterocycles. The van der Waals surface area contributed by atoms with E-state index in [0.29, 0.717) is 0 Å². The van der Waals surface area contributed by atoms with Gasteiger partial charge in [0.05, 0.1) is 9.20 Å². The van der Waals surface area contributed by atoms with Crippen molar-refractivity contribution in [3.8, 4) is 0 Å². The monoisotopic (exact) mass is 217 g/mol. The van der Waals surface area contributed by atoms with Gasteiger partial charge in [0.2, 0.25) is 0 Å². The molecule has 5 heteroatoms. The van der Waals surface area contributed by atoms with E-state index in [1.54, 1.807) is 0 Å². The quantitative estimate of drug-likeness (QED) is 0.524. The average molecular weight is 218 g/mol. The van der Waals surface area contributed by atoms with Crippen molar-refractivity contribution in [1.29, 1.82) is 0 Å². The molecular formula is C6H19NSi4. The average Bonchev–Trinajstić information content (AvgIpc) is 2.05. The van der Waals surface area contributed by atoms with Crippen LogP contribution in [0.3, 0.4) is 0 Å². The lowest BCUT2D eigenvalue weighted by Crippen LogP contribution is -2.47. The fourth-order valence-electron chi connectivity index (χ4n) is 1.22. The van der Waals surface area contributed by atoms with Gasteiger partial charge in [-0.2, -0.15) is 0 Å². The fourth-order valence-corrected chi connectivity index (χ4v) is 21.3. The van der Waals surface area contributed by atoms with E-state index in [9.17, 15) is 0 Å². The van der Waals surface area contributed by atoms with Crippen LogP contribution in [0.15, 0.2) is 24.6 Å². The van der Waals surface area contributed by atoms with E-state index in [1.807, 2.05) is 0 Å². The predicted molar refractivity (Wildman–Crippen MR) is 66.7 cm³/mol. The van der Waals surface area contributed by atoms with Crippen LogP contribution in [-0.2, 0) is 0 Å². The first-order valence-corrected chi connectivity index (χ1v) is 15.1. The smallest absolute Gasteiger partial charge is 0.118 e. The largest absolute Gasteiger partial charge is 0.374 e. The third-order valence-corrected chi connectivity index (χ3v) is 21.3. The van der Waals surface area contributed by atoms with Gasteiger partial charge in [-0.25, -0.2) is 0 Å². The van der Waals surface area contributed by atoms with Crippen molar-refractivity contribution in [3.63, 3.8) is 0 Å². The SMILES string of the molecule is C=C[SiH](C)N([SiH2][SiH3])[SiH](C)C=C. The van der Waals surface area contributed by atoms with E-state index < -0.39 is 17.9 Å². The molecule has 11 heavy (non-hydrogen) atoms. The molecule has 0 fully saturated rings. The van der Waals surface area contributed by atoms with Gasteiger partial charge >= 0.3 is 0 Å².